The molecule has 2 N–H and O–H groups in total. The van der Waals surface area contributed by atoms with Crippen LogP contribution in [0.4, 0.5) is 0 Å². The van der Waals surface area contributed by atoms with Gasteiger partial charge in [-0.2, -0.15) is 0 Å². The summed E-state index contributed by atoms with van der Waals surface area (Å²) in [7, 11) is 0. The Morgan fingerprint density at radius 3 is 2.67 bits per heavy atom. The second-order valence-electron chi connectivity index (χ2n) is 13.1. The quantitative estimate of drug-likeness (QED) is 0.500. The van der Waals surface area contributed by atoms with E-state index in [4.69, 9.17) is 0 Å². The van der Waals surface area contributed by atoms with Gasteiger partial charge in [-0.1, -0.05) is 57.6 Å². The van der Waals surface area contributed by atoms with Gasteiger partial charge in [0.05, 0.1) is 6.54 Å². The highest BCUT2D eigenvalue weighted by atomic mass is 16.3. The molecule has 3 heteroatoms. The van der Waals surface area contributed by atoms with Crippen LogP contribution >= 0.6 is 0 Å². The Kier molecular flexibility index (Phi) is 5.85. The highest BCUT2D eigenvalue weighted by Crippen LogP contribution is 2.79. The predicted molar refractivity (Wildman–Crippen MR) is 136 cm³/mol. The molecule has 3 nitrogen and oxygen atoms in total. The van der Waals surface area contributed by atoms with Crippen molar-refractivity contribution >= 4 is 6.21 Å². The topological polar surface area (TPSA) is 52.8 Å². The SMILES string of the molecule is C=C1C=C2C3(CCC(CC(CO)CC4=CCN=C4)C3)CC(CCO)C(C)C2(C)C2C1C2(C)C. The smallest absolute Gasteiger partial charge is 0.0576 e. The molecule has 8 atom stereocenters. The van der Waals surface area contributed by atoms with E-state index < -0.39 is 0 Å². The molecule has 0 bridgehead atoms. The minimum atomic E-state index is 0.212. The second kappa shape index (κ2) is 8.19. The molecule has 1 aliphatic heterocycles. The molecule has 182 valence electrons. The van der Waals surface area contributed by atoms with Crippen LogP contribution in [-0.4, -0.2) is 36.2 Å². The zero-order chi connectivity index (χ0) is 23.6. The van der Waals surface area contributed by atoms with Gasteiger partial charge in [0.2, 0.25) is 0 Å². The van der Waals surface area contributed by atoms with Gasteiger partial charge in [0.15, 0.2) is 0 Å². The lowest BCUT2D eigenvalue weighted by atomic mass is 9.47. The van der Waals surface area contributed by atoms with E-state index in [0.29, 0.717) is 47.5 Å². The number of fused-ring (bicyclic) bond motifs is 4. The van der Waals surface area contributed by atoms with Crippen LogP contribution in [0.25, 0.3) is 0 Å². The molecule has 8 unspecified atom stereocenters. The Morgan fingerprint density at radius 1 is 1.21 bits per heavy atom. The molecule has 3 fully saturated rings. The van der Waals surface area contributed by atoms with Crippen molar-refractivity contribution in [1.82, 2.24) is 0 Å². The summed E-state index contributed by atoms with van der Waals surface area (Å²) in [4.78, 5) is 4.33. The number of hydrogen-bond donors (Lipinski definition) is 2. The maximum Gasteiger partial charge on any atom is 0.0576 e. The van der Waals surface area contributed by atoms with Crippen molar-refractivity contribution in [2.45, 2.75) is 72.6 Å². The van der Waals surface area contributed by atoms with E-state index in [-0.39, 0.29) is 17.4 Å². The highest BCUT2D eigenvalue weighted by molar-refractivity contribution is 5.80. The minimum absolute atomic E-state index is 0.212. The molecule has 0 aromatic heterocycles. The lowest BCUT2D eigenvalue weighted by Gasteiger charge is -2.57. The first kappa shape index (κ1) is 23.5. The maximum absolute atomic E-state index is 10.1. The fourth-order valence-electron chi connectivity index (χ4n) is 9.52. The standard InChI is InChI=1S/C30H45NO2/c1-19-12-25-29(5,27-26(19)28(27,3)4)20(2)24(8-11-32)16-30(25)9-6-21(15-30)13-23(18-33)14-22-7-10-31-17-22/h7,12,17,20-21,23-24,26-27,32-33H,1,6,8-11,13-16,18H2,2-5H3. The number of hydrogen-bond acceptors (Lipinski definition) is 3. The van der Waals surface area contributed by atoms with Crippen LogP contribution in [0.15, 0.2) is 40.4 Å². The van der Waals surface area contributed by atoms with E-state index >= 15 is 0 Å². The Balaban J connectivity index is 1.42. The number of aliphatic imine (C=N–C) groups is 1. The average molecular weight is 452 g/mol. The molecule has 0 aromatic rings. The Bertz CT molecular complexity index is 897. The van der Waals surface area contributed by atoms with Gasteiger partial charge in [0.25, 0.3) is 0 Å². The Hall–Kier alpha value is -1.19. The summed E-state index contributed by atoms with van der Waals surface area (Å²) >= 11 is 0. The molecule has 0 aromatic carbocycles. The molecule has 4 aliphatic carbocycles. The van der Waals surface area contributed by atoms with Crippen LogP contribution in [0.2, 0.25) is 0 Å². The van der Waals surface area contributed by atoms with Crippen molar-refractivity contribution in [3.63, 3.8) is 0 Å². The molecule has 5 aliphatic rings. The van der Waals surface area contributed by atoms with Gasteiger partial charge in [-0.25, -0.2) is 0 Å². The second-order valence-corrected chi connectivity index (χ2v) is 13.1. The highest BCUT2D eigenvalue weighted by Gasteiger charge is 2.72. The van der Waals surface area contributed by atoms with Gasteiger partial charge in [0, 0.05) is 19.4 Å². The van der Waals surface area contributed by atoms with Gasteiger partial charge in [-0.15, -0.1) is 0 Å². The van der Waals surface area contributed by atoms with Crippen molar-refractivity contribution in [3.05, 3.63) is 35.5 Å². The van der Waals surface area contributed by atoms with E-state index in [1.807, 2.05) is 6.21 Å². The van der Waals surface area contributed by atoms with E-state index in [1.165, 1.54) is 36.8 Å². The summed E-state index contributed by atoms with van der Waals surface area (Å²) in [5.41, 5.74) is 5.18. The number of nitrogens with zero attached hydrogens (tertiary/aromatic N) is 1. The van der Waals surface area contributed by atoms with Crippen molar-refractivity contribution < 1.29 is 10.2 Å². The molecule has 0 saturated heterocycles. The molecule has 1 spiro atoms. The van der Waals surface area contributed by atoms with Gasteiger partial charge in [0.1, 0.15) is 0 Å². The molecule has 0 radical (unpaired) electrons. The molecule has 33 heavy (non-hydrogen) atoms. The molecule has 5 rings (SSSR count). The first-order valence-electron chi connectivity index (χ1n) is 13.5. The average Bonchev–Trinajstić information content (AvgIpc) is 3.12. The van der Waals surface area contributed by atoms with Crippen LogP contribution < -0.4 is 0 Å². The lowest BCUT2D eigenvalue weighted by Crippen LogP contribution is -2.49. The maximum atomic E-state index is 10.1. The van der Waals surface area contributed by atoms with Gasteiger partial charge >= 0.3 is 0 Å². The van der Waals surface area contributed by atoms with Crippen molar-refractivity contribution in [2.75, 3.05) is 19.8 Å². The van der Waals surface area contributed by atoms with Crippen LogP contribution in [0.3, 0.4) is 0 Å². The predicted octanol–water partition coefficient (Wildman–Crippen LogP) is 5.99. The van der Waals surface area contributed by atoms with Crippen LogP contribution in [0.5, 0.6) is 0 Å². The van der Waals surface area contributed by atoms with Crippen molar-refractivity contribution in [1.29, 1.82) is 0 Å². The number of aliphatic hydroxyl groups excluding tert-OH is 2. The molecular formula is C30H45NO2. The monoisotopic (exact) mass is 451 g/mol. The first-order chi connectivity index (χ1) is 15.7. The number of allylic oxidation sites excluding steroid dienone is 4. The van der Waals surface area contributed by atoms with Crippen LogP contribution in [0.1, 0.15) is 72.6 Å². The molecule has 0 amide bonds. The fourth-order valence-corrected chi connectivity index (χ4v) is 9.52. The van der Waals surface area contributed by atoms with Crippen LogP contribution in [0, 0.1) is 51.8 Å². The van der Waals surface area contributed by atoms with E-state index in [9.17, 15) is 10.2 Å². The van der Waals surface area contributed by atoms with E-state index in [0.717, 1.165) is 25.8 Å². The van der Waals surface area contributed by atoms with Gasteiger partial charge < -0.3 is 10.2 Å². The molecule has 1 heterocycles. The summed E-state index contributed by atoms with van der Waals surface area (Å²) in [6.45, 7) is 15.9. The Labute approximate surface area is 201 Å². The number of aliphatic hydroxyl groups is 2. The van der Waals surface area contributed by atoms with Crippen molar-refractivity contribution in [3.8, 4) is 0 Å². The minimum Gasteiger partial charge on any atom is -0.396 e. The third-order valence-electron chi connectivity index (χ3n) is 11.0. The van der Waals surface area contributed by atoms with Gasteiger partial charge in [-0.05, 0) is 102 Å². The van der Waals surface area contributed by atoms with E-state index in [1.54, 1.807) is 5.57 Å². The molecular weight excluding hydrogens is 406 g/mol. The van der Waals surface area contributed by atoms with Crippen molar-refractivity contribution in [2.24, 2.45) is 56.7 Å². The summed E-state index contributed by atoms with van der Waals surface area (Å²) in [5.74, 6) is 3.51. The summed E-state index contributed by atoms with van der Waals surface area (Å²) in [6, 6.07) is 0. The van der Waals surface area contributed by atoms with E-state index in [2.05, 4.69) is 51.4 Å². The van der Waals surface area contributed by atoms with Crippen LogP contribution in [-0.2, 0) is 0 Å². The van der Waals surface area contributed by atoms with Gasteiger partial charge in [-0.3, -0.25) is 4.99 Å². The third kappa shape index (κ3) is 3.56. The summed E-state index contributed by atoms with van der Waals surface area (Å²) in [6.07, 6.45) is 14.8. The normalized spacial score (nSPS) is 43.8. The summed E-state index contributed by atoms with van der Waals surface area (Å²) < 4.78 is 0. The molecule has 3 saturated carbocycles. The lowest BCUT2D eigenvalue weighted by molar-refractivity contribution is 0.00910. The summed E-state index contributed by atoms with van der Waals surface area (Å²) in [5, 5.41) is 20.1. The zero-order valence-corrected chi connectivity index (χ0v) is 21.3. The number of rotatable bonds is 7. The Morgan fingerprint density at radius 2 is 2.00 bits per heavy atom. The zero-order valence-electron chi connectivity index (χ0n) is 21.3. The third-order valence-corrected chi connectivity index (χ3v) is 11.0. The first-order valence-corrected chi connectivity index (χ1v) is 13.5. The fraction of sp³-hybridized carbons (Fsp3) is 0.767. The largest absolute Gasteiger partial charge is 0.396 e.